The molecular weight excluding hydrogens is 285 g/mol. The molecule has 1 aromatic heterocycles. The van der Waals surface area contributed by atoms with Crippen LogP contribution in [-0.4, -0.2) is 23.9 Å². The fourth-order valence-electron chi connectivity index (χ4n) is 1.96. The second-order valence-corrected chi connectivity index (χ2v) is 5.28. The van der Waals surface area contributed by atoms with Gasteiger partial charge in [-0.1, -0.05) is 23.2 Å². The van der Waals surface area contributed by atoms with Crippen molar-refractivity contribution in [3.05, 3.63) is 46.1 Å². The predicted octanol–water partition coefficient (Wildman–Crippen LogP) is 4.10. The summed E-state index contributed by atoms with van der Waals surface area (Å²) < 4.78 is 5.59. The lowest BCUT2D eigenvalue weighted by Crippen LogP contribution is -2.41. The molecule has 0 aliphatic carbocycles. The molecule has 0 atom stereocenters. The maximum absolute atomic E-state index is 12.0. The van der Waals surface area contributed by atoms with Gasteiger partial charge >= 0.3 is 0 Å². The van der Waals surface area contributed by atoms with Crippen molar-refractivity contribution in [2.75, 3.05) is 13.1 Å². The van der Waals surface area contributed by atoms with Gasteiger partial charge in [0.25, 0.3) is 5.91 Å². The molecule has 5 heteroatoms. The second-order valence-electron chi connectivity index (χ2n) is 4.43. The number of likely N-dealkylation sites (tertiary alicyclic amines) is 1. The predicted molar refractivity (Wildman–Crippen MR) is 74.7 cm³/mol. The van der Waals surface area contributed by atoms with Gasteiger partial charge in [0, 0.05) is 23.7 Å². The summed E-state index contributed by atoms with van der Waals surface area (Å²) in [6.45, 7) is 1.60. The van der Waals surface area contributed by atoms with Crippen LogP contribution in [0.1, 0.15) is 17.0 Å². The van der Waals surface area contributed by atoms with E-state index in [1.807, 2.05) is 0 Å². The Labute approximate surface area is 120 Å². The number of hydrogen-bond acceptors (Lipinski definition) is 2. The topological polar surface area (TPSA) is 33.5 Å². The van der Waals surface area contributed by atoms with Gasteiger partial charge in [-0.2, -0.15) is 0 Å². The Bertz CT molecular complexity index is 632. The van der Waals surface area contributed by atoms with Crippen molar-refractivity contribution >= 4 is 29.1 Å². The first-order valence-corrected chi connectivity index (χ1v) is 6.75. The SMILES string of the molecule is O=C(c1ccc(-c2ccc(Cl)cc2Cl)o1)N1CCC1. The van der Waals surface area contributed by atoms with E-state index in [4.69, 9.17) is 27.6 Å². The standard InChI is InChI=1S/C14H11Cl2NO2/c15-9-2-3-10(11(16)8-9)12-4-5-13(19-12)14(18)17-6-1-7-17/h2-5,8H,1,6-7H2. The van der Waals surface area contributed by atoms with Crippen molar-refractivity contribution in [3.8, 4) is 11.3 Å². The molecule has 2 aromatic rings. The normalized spacial score (nSPS) is 14.3. The highest BCUT2D eigenvalue weighted by atomic mass is 35.5. The lowest BCUT2D eigenvalue weighted by Gasteiger charge is -2.29. The largest absolute Gasteiger partial charge is 0.451 e. The number of rotatable bonds is 2. The first-order chi connectivity index (χ1) is 9.15. The molecule has 0 saturated carbocycles. The van der Waals surface area contributed by atoms with Gasteiger partial charge in [0.1, 0.15) is 5.76 Å². The molecule has 1 fully saturated rings. The zero-order chi connectivity index (χ0) is 13.4. The third-order valence-electron chi connectivity index (χ3n) is 3.16. The Hall–Kier alpha value is -1.45. The van der Waals surface area contributed by atoms with Gasteiger partial charge in [-0.3, -0.25) is 4.79 Å². The fraction of sp³-hybridized carbons (Fsp3) is 0.214. The summed E-state index contributed by atoms with van der Waals surface area (Å²) in [5.41, 5.74) is 0.730. The Morgan fingerprint density at radius 3 is 2.58 bits per heavy atom. The van der Waals surface area contributed by atoms with Gasteiger partial charge in [-0.15, -0.1) is 0 Å². The van der Waals surface area contributed by atoms with Crippen molar-refractivity contribution in [2.45, 2.75) is 6.42 Å². The number of nitrogens with zero attached hydrogens (tertiary/aromatic N) is 1. The zero-order valence-electron chi connectivity index (χ0n) is 10.0. The van der Waals surface area contributed by atoms with Crippen LogP contribution in [0, 0.1) is 0 Å². The van der Waals surface area contributed by atoms with Crippen LogP contribution in [0.5, 0.6) is 0 Å². The molecule has 1 saturated heterocycles. The summed E-state index contributed by atoms with van der Waals surface area (Å²) in [5, 5.41) is 1.07. The number of carbonyl (C=O) groups is 1. The number of halogens is 2. The summed E-state index contributed by atoms with van der Waals surface area (Å²) in [7, 11) is 0. The van der Waals surface area contributed by atoms with E-state index >= 15 is 0 Å². The van der Waals surface area contributed by atoms with E-state index in [9.17, 15) is 4.79 Å². The maximum Gasteiger partial charge on any atom is 0.289 e. The van der Waals surface area contributed by atoms with Gasteiger partial charge in [-0.05, 0) is 36.8 Å². The summed E-state index contributed by atoms with van der Waals surface area (Å²) in [6.07, 6.45) is 1.06. The highest BCUT2D eigenvalue weighted by Gasteiger charge is 2.24. The molecule has 2 heterocycles. The summed E-state index contributed by atoms with van der Waals surface area (Å²) in [4.78, 5) is 13.7. The molecule has 98 valence electrons. The smallest absolute Gasteiger partial charge is 0.289 e. The van der Waals surface area contributed by atoms with Crippen molar-refractivity contribution < 1.29 is 9.21 Å². The third kappa shape index (κ3) is 2.36. The highest BCUT2D eigenvalue weighted by molar-refractivity contribution is 6.36. The van der Waals surface area contributed by atoms with Crippen molar-refractivity contribution in [3.63, 3.8) is 0 Å². The van der Waals surface area contributed by atoms with Gasteiger partial charge < -0.3 is 9.32 Å². The molecule has 0 radical (unpaired) electrons. The van der Waals surface area contributed by atoms with E-state index in [0.29, 0.717) is 21.6 Å². The van der Waals surface area contributed by atoms with Gasteiger partial charge in [-0.25, -0.2) is 0 Å². The van der Waals surface area contributed by atoms with Crippen LogP contribution in [0.25, 0.3) is 11.3 Å². The third-order valence-corrected chi connectivity index (χ3v) is 3.70. The van der Waals surface area contributed by atoms with Crippen LogP contribution < -0.4 is 0 Å². The molecule has 1 amide bonds. The average molecular weight is 296 g/mol. The Kier molecular flexibility index (Phi) is 3.25. The minimum absolute atomic E-state index is 0.0671. The van der Waals surface area contributed by atoms with Crippen LogP contribution >= 0.6 is 23.2 Å². The first-order valence-electron chi connectivity index (χ1n) is 6.00. The Morgan fingerprint density at radius 2 is 1.95 bits per heavy atom. The molecule has 1 aliphatic rings. The molecule has 3 nitrogen and oxygen atoms in total. The Morgan fingerprint density at radius 1 is 1.16 bits per heavy atom. The molecule has 0 N–H and O–H groups in total. The molecule has 3 rings (SSSR count). The van der Waals surface area contributed by atoms with E-state index in [0.717, 1.165) is 25.1 Å². The van der Waals surface area contributed by atoms with Crippen molar-refractivity contribution in [1.82, 2.24) is 4.90 Å². The number of benzene rings is 1. The van der Waals surface area contributed by atoms with Crippen LogP contribution in [0.3, 0.4) is 0 Å². The fourth-order valence-corrected chi connectivity index (χ4v) is 2.46. The highest BCUT2D eigenvalue weighted by Crippen LogP contribution is 2.31. The number of hydrogen-bond donors (Lipinski definition) is 0. The molecule has 1 aliphatic heterocycles. The van der Waals surface area contributed by atoms with Crippen LogP contribution in [-0.2, 0) is 0 Å². The first kappa shape index (κ1) is 12.6. The molecule has 1 aromatic carbocycles. The molecule has 0 spiro atoms. The minimum atomic E-state index is -0.0671. The number of amides is 1. The Balaban J connectivity index is 1.90. The summed E-state index contributed by atoms with van der Waals surface area (Å²) in [6, 6.07) is 8.60. The minimum Gasteiger partial charge on any atom is -0.451 e. The van der Waals surface area contributed by atoms with E-state index in [1.54, 1.807) is 35.2 Å². The van der Waals surface area contributed by atoms with E-state index < -0.39 is 0 Å². The van der Waals surface area contributed by atoms with Gasteiger partial charge in [0.05, 0.1) is 5.02 Å². The average Bonchev–Trinajstić information content (AvgIpc) is 2.75. The number of carbonyl (C=O) groups excluding carboxylic acids is 1. The van der Waals surface area contributed by atoms with Gasteiger partial charge in [0.15, 0.2) is 5.76 Å². The van der Waals surface area contributed by atoms with Crippen molar-refractivity contribution in [2.24, 2.45) is 0 Å². The van der Waals surface area contributed by atoms with Gasteiger partial charge in [0.2, 0.25) is 0 Å². The van der Waals surface area contributed by atoms with E-state index in [2.05, 4.69) is 0 Å². The van der Waals surface area contributed by atoms with E-state index in [-0.39, 0.29) is 5.91 Å². The maximum atomic E-state index is 12.0. The quantitative estimate of drug-likeness (QED) is 0.836. The molecule has 0 bridgehead atoms. The second kappa shape index (κ2) is 4.91. The van der Waals surface area contributed by atoms with Crippen LogP contribution in [0.4, 0.5) is 0 Å². The zero-order valence-corrected chi connectivity index (χ0v) is 11.5. The lowest BCUT2D eigenvalue weighted by molar-refractivity contribution is 0.0620. The summed E-state index contributed by atoms with van der Waals surface area (Å²) in [5.74, 6) is 0.855. The van der Waals surface area contributed by atoms with Crippen molar-refractivity contribution in [1.29, 1.82) is 0 Å². The summed E-state index contributed by atoms with van der Waals surface area (Å²) >= 11 is 12.0. The number of furan rings is 1. The van der Waals surface area contributed by atoms with Crippen LogP contribution in [0.15, 0.2) is 34.7 Å². The van der Waals surface area contributed by atoms with E-state index in [1.165, 1.54) is 0 Å². The molecule has 0 unspecified atom stereocenters. The molecular formula is C14H11Cl2NO2. The van der Waals surface area contributed by atoms with Crippen LogP contribution in [0.2, 0.25) is 10.0 Å². The molecule has 19 heavy (non-hydrogen) atoms. The monoisotopic (exact) mass is 295 g/mol. The lowest BCUT2D eigenvalue weighted by atomic mass is 10.2.